The molecule has 0 unspecified atom stereocenters. The maximum absolute atomic E-state index is 12.3. The summed E-state index contributed by atoms with van der Waals surface area (Å²) < 4.78 is 30.0. The lowest BCUT2D eigenvalue weighted by Gasteiger charge is -2.18. The highest BCUT2D eigenvalue weighted by Gasteiger charge is 2.21. The zero-order valence-electron chi connectivity index (χ0n) is 13.2. The van der Waals surface area contributed by atoms with E-state index in [-0.39, 0.29) is 5.75 Å². The van der Waals surface area contributed by atoms with Gasteiger partial charge in [-0.1, -0.05) is 38.1 Å². The first-order chi connectivity index (χ1) is 10.0. The zero-order chi connectivity index (χ0) is 15.9. The summed E-state index contributed by atoms with van der Waals surface area (Å²) in [5, 5.41) is 0. The second-order valence-electron chi connectivity index (χ2n) is 4.59. The molecule has 1 aromatic rings. The minimum absolute atomic E-state index is 0.0374. The molecule has 21 heavy (non-hydrogen) atoms. The Kier molecular flexibility index (Phi) is 6.69. The number of sulfone groups is 1. The first-order valence-corrected chi connectivity index (χ1v) is 8.91. The van der Waals surface area contributed by atoms with Gasteiger partial charge in [-0.25, -0.2) is 8.42 Å². The van der Waals surface area contributed by atoms with Crippen LogP contribution < -0.4 is 0 Å². The fraction of sp³-hybridized carbons (Fsp3) is 0.412. The van der Waals surface area contributed by atoms with E-state index in [1.54, 1.807) is 31.4 Å². The van der Waals surface area contributed by atoms with E-state index in [0.29, 0.717) is 4.90 Å². The minimum atomic E-state index is -3.28. The fourth-order valence-corrected chi connectivity index (χ4v) is 3.72. The van der Waals surface area contributed by atoms with Gasteiger partial charge in [0.2, 0.25) is 0 Å². The molecule has 0 bridgehead atoms. The molecule has 0 N–H and O–H groups in total. The number of methoxy groups -OCH3 is 1. The number of hydrogen-bond donors (Lipinski definition) is 0. The van der Waals surface area contributed by atoms with E-state index < -0.39 is 9.84 Å². The Balaban J connectivity index is 0.00000106. The van der Waals surface area contributed by atoms with Crippen molar-refractivity contribution in [1.29, 1.82) is 0 Å². The van der Waals surface area contributed by atoms with Gasteiger partial charge in [0.1, 0.15) is 0 Å². The Hall–Kier alpha value is -1.55. The number of rotatable bonds is 4. The third-order valence-electron chi connectivity index (χ3n) is 3.36. The quantitative estimate of drug-likeness (QED) is 0.840. The molecule has 1 aromatic carbocycles. The van der Waals surface area contributed by atoms with E-state index in [2.05, 4.69) is 0 Å². The Morgan fingerprint density at radius 1 is 1.14 bits per heavy atom. The first-order valence-electron chi connectivity index (χ1n) is 7.25. The highest BCUT2D eigenvalue weighted by atomic mass is 32.2. The molecule has 116 valence electrons. The summed E-state index contributed by atoms with van der Waals surface area (Å²) in [5.74, 6) is 0.927. The Bertz CT molecular complexity index is 611. The van der Waals surface area contributed by atoms with Gasteiger partial charge in [-0.2, -0.15) is 0 Å². The van der Waals surface area contributed by atoms with E-state index in [1.165, 1.54) is 0 Å². The van der Waals surface area contributed by atoms with E-state index >= 15 is 0 Å². The Labute approximate surface area is 128 Å². The van der Waals surface area contributed by atoms with Gasteiger partial charge in [-0.05, 0) is 36.6 Å². The molecule has 0 spiro atoms. The predicted molar refractivity (Wildman–Crippen MR) is 86.9 cm³/mol. The third-order valence-corrected chi connectivity index (χ3v) is 5.04. The van der Waals surface area contributed by atoms with Gasteiger partial charge in [0.25, 0.3) is 0 Å². The van der Waals surface area contributed by atoms with Crippen LogP contribution in [0.1, 0.15) is 33.6 Å². The largest absolute Gasteiger partial charge is 0.501 e. The van der Waals surface area contributed by atoms with Crippen LogP contribution in [0.15, 0.2) is 58.2 Å². The summed E-state index contributed by atoms with van der Waals surface area (Å²) in [4.78, 5) is 0.369. The van der Waals surface area contributed by atoms with Crippen molar-refractivity contribution in [2.24, 2.45) is 0 Å². The van der Waals surface area contributed by atoms with Gasteiger partial charge < -0.3 is 4.74 Å². The fourth-order valence-electron chi connectivity index (χ4n) is 2.24. The lowest BCUT2D eigenvalue weighted by atomic mass is 9.99. The molecular formula is C17H24O3S. The highest BCUT2D eigenvalue weighted by molar-refractivity contribution is 7.91. The van der Waals surface area contributed by atoms with E-state index in [9.17, 15) is 8.42 Å². The van der Waals surface area contributed by atoms with Crippen molar-refractivity contribution in [3.8, 4) is 0 Å². The van der Waals surface area contributed by atoms with Crippen molar-refractivity contribution in [3.63, 3.8) is 0 Å². The summed E-state index contributed by atoms with van der Waals surface area (Å²) in [6.07, 6.45) is 3.68. The molecule has 1 aliphatic rings. The van der Waals surface area contributed by atoms with Crippen molar-refractivity contribution < 1.29 is 13.2 Å². The van der Waals surface area contributed by atoms with Crippen LogP contribution in [0, 0.1) is 0 Å². The zero-order valence-corrected chi connectivity index (χ0v) is 14.0. The van der Waals surface area contributed by atoms with Crippen LogP contribution in [-0.2, 0) is 14.6 Å². The summed E-state index contributed by atoms with van der Waals surface area (Å²) in [6.45, 7) is 5.92. The van der Waals surface area contributed by atoms with Gasteiger partial charge in [0, 0.05) is 6.42 Å². The van der Waals surface area contributed by atoms with Gasteiger partial charge in [0.15, 0.2) is 9.84 Å². The second-order valence-corrected chi connectivity index (χ2v) is 6.58. The molecule has 2 rings (SSSR count). The van der Waals surface area contributed by atoms with E-state index in [0.717, 1.165) is 29.7 Å². The summed E-state index contributed by atoms with van der Waals surface area (Å²) in [6, 6.07) is 8.56. The molecule has 0 aliphatic heterocycles. The number of benzene rings is 1. The van der Waals surface area contributed by atoms with Gasteiger partial charge in [-0.3, -0.25) is 0 Å². The third kappa shape index (κ3) is 4.46. The van der Waals surface area contributed by atoms with Crippen LogP contribution in [0.3, 0.4) is 0 Å². The monoisotopic (exact) mass is 308 g/mol. The van der Waals surface area contributed by atoms with Gasteiger partial charge in [0.05, 0.1) is 23.5 Å². The molecule has 4 heteroatoms. The molecule has 0 saturated heterocycles. The van der Waals surface area contributed by atoms with Crippen LogP contribution in [0.4, 0.5) is 0 Å². The second kappa shape index (κ2) is 8.03. The molecule has 3 nitrogen and oxygen atoms in total. The van der Waals surface area contributed by atoms with E-state index in [1.807, 2.05) is 32.9 Å². The number of hydrogen-bond acceptors (Lipinski definition) is 3. The molecule has 0 atom stereocenters. The van der Waals surface area contributed by atoms with Crippen molar-refractivity contribution in [2.75, 3.05) is 12.9 Å². The van der Waals surface area contributed by atoms with Crippen molar-refractivity contribution in [2.45, 2.75) is 38.5 Å². The molecule has 0 fully saturated rings. The molecule has 0 aromatic heterocycles. The summed E-state index contributed by atoms with van der Waals surface area (Å²) in [7, 11) is -1.65. The normalized spacial score (nSPS) is 15.0. The van der Waals surface area contributed by atoms with Crippen molar-refractivity contribution in [1.82, 2.24) is 0 Å². The summed E-state index contributed by atoms with van der Waals surface area (Å²) >= 11 is 0. The van der Waals surface area contributed by atoms with E-state index in [4.69, 9.17) is 4.74 Å². The van der Waals surface area contributed by atoms with Crippen LogP contribution in [0.5, 0.6) is 0 Å². The maximum atomic E-state index is 12.3. The predicted octanol–water partition coefficient (Wildman–Crippen LogP) is 4.13. The summed E-state index contributed by atoms with van der Waals surface area (Å²) in [5.41, 5.74) is 1.81. The molecular weight excluding hydrogens is 284 g/mol. The smallest absolute Gasteiger partial charge is 0.182 e. The van der Waals surface area contributed by atoms with Crippen LogP contribution in [-0.4, -0.2) is 21.3 Å². The maximum Gasteiger partial charge on any atom is 0.182 e. The average molecular weight is 308 g/mol. The molecule has 1 aliphatic carbocycles. The minimum Gasteiger partial charge on any atom is -0.501 e. The topological polar surface area (TPSA) is 43.4 Å². The van der Waals surface area contributed by atoms with Crippen LogP contribution >= 0.6 is 0 Å². The highest BCUT2D eigenvalue weighted by Crippen LogP contribution is 2.27. The number of allylic oxidation sites excluding steroid dienone is 3. The first kappa shape index (κ1) is 17.5. The standard InChI is InChI=1S/C15H18O3S.C2H6/c1-12-13(7-6-10-15(12)18-2)11-19(16,17)14-8-4-3-5-9-14;1-2/h3-5,7-9H,6,10-11H2,1-2H3;1-2H3. The SMILES string of the molecule is CC.COC1=C(C)C(CS(=O)(=O)c2ccccc2)=CCC1. The number of ether oxygens (including phenoxy) is 1. The van der Waals surface area contributed by atoms with Crippen LogP contribution in [0.25, 0.3) is 0 Å². The molecule has 0 heterocycles. The lowest BCUT2D eigenvalue weighted by Crippen LogP contribution is -2.13. The van der Waals surface area contributed by atoms with Gasteiger partial charge >= 0.3 is 0 Å². The van der Waals surface area contributed by atoms with Crippen molar-refractivity contribution >= 4 is 9.84 Å². The Morgan fingerprint density at radius 2 is 1.76 bits per heavy atom. The Morgan fingerprint density at radius 3 is 2.33 bits per heavy atom. The lowest BCUT2D eigenvalue weighted by molar-refractivity contribution is 0.272. The molecule has 0 radical (unpaired) electrons. The van der Waals surface area contributed by atoms with Crippen LogP contribution in [0.2, 0.25) is 0 Å². The molecule has 0 saturated carbocycles. The molecule has 0 amide bonds. The average Bonchev–Trinajstić information content (AvgIpc) is 2.52. The van der Waals surface area contributed by atoms with Gasteiger partial charge in [-0.15, -0.1) is 0 Å². The van der Waals surface area contributed by atoms with Crippen molar-refractivity contribution in [3.05, 3.63) is 53.3 Å².